The third-order valence-corrected chi connectivity index (χ3v) is 3.53. The molecule has 1 aliphatic carbocycles. The van der Waals surface area contributed by atoms with Gasteiger partial charge in [-0.15, -0.1) is 0 Å². The molecule has 4 heteroatoms. The third kappa shape index (κ3) is 4.28. The van der Waals surface area contributed by atoms with Crippen LogP contribution in [-0.2, 0) is 14.3 Å². The van der Waals surface area contributed by atoms with Gasteiger partial charge in [-0.05, 0) is 32.1 Å². The topological polar surface area (TPSA) is 61.5 Å². The Morgan fingerprint density at radius 1 is 1.47 bits per heavy atom. The van der Waals surface area contributed by atoms with Crippen LogP contribution in [0.4, 0.5) is 0 Å². The van der Waals surface area contributed by atoms with E-state index in [0.29, 0.717) is 19.1 Å². The Morgan fingerprint density at radius 2 is 2.18 bits per heavy atom. The lowest BCUT2D eigenvalue weighted by molar-refractivity contribution is -0.153. The van der Waals surface area contributed by atoms with Crippen molar-refractivity contribution in [2.75, 3.05) is 26.9 Å². The van der Waals surface area contributed by atoms with Gasteiger partial charge in [0.2, 0.25) is 0 Å². The van der Waals surface area contributed by atoms with Crippen LogP contribution >= 0.6 is 0 Å². The van der Waals surface area contributed by atoms with Crippen LogP contribution in [0.5, 0.6) is 0 Å². The molecule has 0 bridgehead atoms. The molecule has 0 spiro atoms. The van der Waals surface area contributed by atoms with Crippen LogP contribution in [0, 0.1) is 11.3 Å². The number of hydrogen-bond donors (Lipinski definition) is 1. The zero-order chi connectivity index (χ0) is 12.7. The molecule has 0 saturated heterocycles. The molecule has 1 unspecified atom stereocenters. The average molecular weight is 243 g/mol. The first-order chi connectivity index (χ1) is 8.18. The van der Waals surface area contributed by atoms with Crippen molar-refractivity contribution in [2.24, 2.45) is 17.1 Å². The molecule has 0 aromatic rings. The first-order valence-electron chi connectivity index (χ1n) is 6.54. The van der Waals surface area contributed by atoms with Crippen LogP contribution in [0.3, 0.4) is 0 Å². The van der Waals surface area contributed by atoms with Gasteiger partial charge in [0.15, 0.2) is 0 Å². The summed E-state index contributed by atoms with van der Waals surface area (Å²) in [6, 6.07) is 0. The van der Waals surface area contributed by atoms with Crippen LogP contribution in [0.2, 0.25) is 0 Å². The maximum Gasteiger partial charge on any atom is 0.313 e. The van der Waals surface area contributed by atoms with Crippen LogP contribution in [0.1, 0.15) is 39.0 Å². The number of carbonyl (C=O) groups excluding carboxylic acids is 1. The number of ether oxygens (including phenoxy) is 2. The molecule has 0 heterocycles. The second kappa shape index (κ2) is 6.97. The van der Waals surface area contributed by atoms with E-state index in [9.17, 15) is 4.79 Å². The highest BCUT2D eigenvalue weighted by molar-refractivity contribution is 5.77. The zero-order valence-corrected chi connectivity index (χ0v) is 11.0. The van der Waals surface area contributed by atoms with E-state index in [2.05, 4.69) is 0 Å². The van der Waals surface area contributed by atoms with Gasteiger partial charge in [-0.1, -0.05) is 12.8 Å². The molecule has 1 saturated carbocycles. The van der Waals surface area contributed by atoms with Crippen molar-refractivity contribution in [3.63, 3.8) is 0 Å². The van der Waals surface area contributed by atoms with Gasteiger partial charge in [0, 0.05) is 19.8 Å². The van der Waals surface area contributed by atoms with Crippen LogP contribution in [-0.4, -0.2) is 32.8 Å². The fraction of sp³-hybridized carbons (Fsp3) is 0.923. The van der Waals surface area contributed by atoms with E-state index in [1.807, 2.05) is 6.92 Å². The van der Waals surface area contributed by atoms with Crippen molar-refractivity contribution >= 4 is 5.97 Å². The van der Waals surface area contributed by atoms with Crippen molar-refractivity contribution in [1.29, 1.82) is 0 Å². The van der Waals surface area contributed by atoms with E-state index < -0.39 is 5.41 Å². The number of nitrogens with two attached hydrogens (primary N) is 1. The van der Waals surface area contributed by atoms with Gasteiger partial charge in [0.25, 0.3) is 0 Å². The highest BCUT2D eigenvalue weighted by Crippen LogP contribution is 2.42. The van der Waals surface area contributed by atoms with Crippen molar-refractivity contribution in [3.05, 3.63) is 0 Å². The molecule has 1 aliphatic rings. The average Bonchev–Trinajstić information content (AvgIpc) is 3.16. The Bertz CT molecular complexity index is 241. The first kappa shape index (κ1) is 14.5. The molecule has 1 fully saturated rings. The van der Waals surface area contributed by atoms with E-state index in [1.165, 1.54) is 20.0 Å². The van der Waals surface area contributed by atoms with Crippen molar-refractivity contribution < 1.29 is 14.3 Å². The zero-order valence-electron chi connectivity index (χ0n) is 11.0. The predicted molar refractivity (Wildman–Crippen MR) is 66.6 cm³/mol. The van der Waals surface area contributed by atoms with Crippen molar-refractivity contribution in [2.45, 2.75) is 39.0 Å². The summed E-state index contributed by atoms with van der Waals surface area (Å²) >= 11 is 0. The molecular weight excluding hydrogens is 218 g/mol. The second-order valence-corrected chi connectivity index (χ2v) is 4.92. The maximum atomic E-state index is 11.9. The molecule has 17 heavy (non-hydrogen) atoms. The second-order valence-electron chi connectivity index (χ2n) is 4.92. The van der Waals surface area contributed by atoms with Crippen molar-refractivity contribution in [1.82, 2.24) is 0 Å². The maximum absolute atomic E-state index is 11.9. The van der Waals surface area contributed by atoms with Gasteiger partial charge in [0.1, 0.15) is 0 Å². The fourth-order valence-corrected chi connectivity index (χ4v) is 2.30. The summed E-state index contributed by atoms with van der Waals surface area (Å²) < 4.78 is 10.2. The molecule has 0 amide bonds. The van der Waals surface area contributed by atoms with Crippen LogP contribution in [0.25, 0.3) is 0 Å². The first-order valence-corrected chi connectivity index (χ1v) is 6.54. The number of methoxy groups -OCH3 is 1. The summed E-state index contributed by atoms with van der Waals surface area (Å²) in [6.07, 6.45) is 4.97. The van der Waals surface area contributed by atoms with E-state index >= 15 is 0 Å². The number of esters is 1. The summed E-state index contributed by atoms with van der Waals surface area (Å²) in [7, 11) is 1.45. The largest absolute Gasteiger partial charge is 0.469 e. The number of rotatable bonds is 9. The highest BCUT2D eigenvalue weighted by Gasteiger charge is 2.42. The molecule has 0 aromatic carbocycles. The predicted octanol–water partition coefficient (Wildman–Crippen LogP) is 1.72. The molecule has 2 N–H and O–H groups in total. The van der Waals surface area contributed by atoms with E-state index in [1.54, 1.807) is 0 Å². The summed E-state index contributed by atoms with van der Waals surface area (Å²) in [6.45, 7) is 3.76. The van der Waals surface area contributed by atoms with Gasteiger partial charge in [0.05, 0.1) is 12.5 Å². The fourth-order valence-electron chi connectivity index (χ4n) is 2.30. The molecular formula is C13H25NO3. The smallest absolute Gasteiger partial charge is 0.313 e. The van der Waals surface area contributed by atoms with Gasteiger partial charge in [-0.2, -0.15) is 0 Å². The Labute approximate surface area is 104 Å². The van der Waals surface area contributed by atoms with Crippen LogP contribution in [0.15, 0.2) is 0 Å². The summed E-state index contributed by atoms with van der Waals surface area (Å²) in [5, 5.41) is 0. The molecule has 0 aliphatic heterocycles. The highest BCUT2D eigenvalue weighted by atomic mass is 16.5. The Hall–Kier alpha value is -0.610. The summed E-state index contributed by atoms with van der Waals surface area (Å²) in [4.78, 5) is 11.9. The monoisotopic (exact) mass is 243 g/mol. The lowest BCUT2D eigenvalue weighted by Crippen LogP contribution is -2.40. The van der Waals surface area contributed by atoms with Crippen molar-refractivity contribution in [3.8, 4) is 0 Å². The molecule has 1 rings (SSSR count). The lowest BCUT2D eigenvalue weighted by atomic mass is 9.78. The summed E-state index contributed by atoms with van der Waals surface area (Å²) in [5.41, 5.74) is 5.35. The minimum atomic E-state index is -0.479. The molecule has 0 radical (unpaired) electrons. The lowest BCUT2D eigenvalue weighted by Gasteiger charge is -2.29. The van der Waals surface area contributed by atoms with Gasteiger partial charge in [-0.25, -0.2) is 0 Å². The number of hydrogen-bond acceptors (Lipinski definition) is 4. The minimum Gasteiger partial charge on any atom is -0.469 e. The van der Waals surface area contributed by atoms with Gasteiger partial charge >= 0.3 is 5.97 Å². The van der Waals surface area contributed by atoms with E-state index in [0.717, 1.165) is 25.9 Å². The molecule has 1 atom stereocenters. The Morgan fingerprint density at radius 3 is 2.65 bits per heavy atom. The number of carbonyl (C=O) groups is 1. The Balaban J connectivity index is 2.51. The normalized spacial score (nSPS) is 18.8. The quantitative estimate of drug-likeness (QED) is 0.495. The standard InChI is InChI=1S/C13H25NO3/c1-3-17-8-4-7-13(10-14,12(15)16-2)9-11-5-6-11/h11H,3-10,14H2,1-2H3. The van der Waals surface area contributed by atoms with Gasteiger partial charge in [-0.3, -0.25) is 4.79 Å². The van der Waals surface area contributed by atoms with Crippen LogP contribution < -0.4 is 5.73 Å². The minimum absolute atomic E-state index is 0.150. The van der Waals surface area contributed by atoms with E-state index in [4.69, 9.17) is 15.2 Å². The summed E-state index contributed by atoms with van der Waals surface area (Å²) in [5.74, 6) is 0.521. The van der Waals surface area contributed by atoms with Gasteiger partial charge < -0.3 is 15.2 Å². The molecule has 100 valence electrons. The van der Waals surface area contributed by atoms with E-state index in [-0.39, 0.29) is 5.97 Å². The third-order valence-electron chi connectivity index (χ3n) is 3.53. The SMILES string of the molecule is CCOCCCC(CN)(CC1CC1)C(=O)OC. The Kier molecular flexibility index (Phi) is 5.92. The molecule has 4 nitrogen and oxygen atoms in total. The molecule has 0 aromatic heterocycles.